The van der Waals surface area contributed by atoms with Crippen LogP contribution in [0.4, 0.5) is 0 Å². The van der Waals surface area contributed by atoms with Crippen molar-refractivity contribution in [1.29, 1.82) is 0 Å². The van der Waals surface area contributed by atoms with Crippen molar-refractivity contribution >= 4 is 24.7 Å². The van der Waals surface area contributed by atoms with Gasteiger partial charge in [-0.25, -0.2) is 0 Å². The molecule has 0 bridgehead atoms. The van der Waals surface area contributed by atoms with E-state index in [2.05, 4.69) is 81.5 Å². The minimum absolute atomic E-state index is 0.0670. The summed E-state index contributed by atoms with van der Waals surface area (Å²) in [4.78, 5) is 11.4. The molecule has 0 fully saturated rings. The molecular formula is C25H32O3Si. The van der Waals surface area contributed by atoms with Crippen LogP contribution < -0.4 is 10.4 Å². The van der Waals surface area contributed by atoms with Crippen LogP contribution in [0.25, 0.3) is 0 Å². The van der Waals surface area contributed by atoms with Crippen LogP contribution in [-0.4, -0.2) is 26.0 Å². The lowest BCUT2D eigenvalue weighted by Gasteiger charge is -2.44. The molecule has 0 aromatic heterocycles. The van der Waals surface area contributed by atoms with Gasteiger partial charge in [-0.05, 0) is 40.1 Å². The highest BCUT2D eigenvalue weighted by atomic mass is 28.4. The Morgan fingerprint density at radius 3 is 1.86 bits per heavy atom. The molecule has 0 radical (unpaired) electrons. The maximum absolute atomic E-state index is 11.4. The first-order valence-electron chi connectivity index (χ1n) is 10.5. The molecule has 0 amide bonds. The topological polar surface area (TPSA) is 46.5 Å². The van der Waals surface area contributed by atoms with Gasteiger partial charge in [-0.2, -0.15) is 0 Å². The Bertz CT molecular complexity index is 785. The van der Waals surface area contributed by atoms with Crippen molar-refractivity contribution < 1.29 is 14.3 Å². The van der Waals surface area contributed by atoms with Crippen LogP contribution in [0.15, 0.2) is 72.8 Å². The van der Waals surface area contributed by atoms with E-state index < -0.39 is 14.3 Å². The molecule has 29 heavy (non-hydrogen) atoms. The normalized spacial score (nSPS) is 19.8. The molecule has 2 aromatic rings. The molecule has 3 rings (SSSR count). The number of carboxylic acids is 1. The Labute approximate surface area is 175 Å². The lowest BCUT2D eigenvalue weighted by molar-refractivity contribution is -0.138. The van der Waals surface area contributed by atoms with Crippen LogP contribution in [-0.2, 0) is 9.22 Å². The second-order valence-corrected chi connectivity index (χ2v) is 13.3. The standard InChI is InChI=1S/C25H32O3Si/c1-25(2,3)29(22-14-6-4-7-15-22,23-16-8-5-9-17-23)28-19-21-13-11-10-12-20(21)18-24(26)27/h4-11,14-17,20-21H,12-13,18-19H2,1-3H3,(H,26,27)/t20-,21+/m1/s1. The number of hydrogen-bond donors (Lipinski definition) is 1. The van der Waals surface area contributed by atoms with E-state index in [9.17, 15) is 9.90 Å². The molecule has 1 aliphatic rings. The van der Waals surface area contributed by atoms with Crippen LogP contribution in [0.2, 0.25) is 5.04 Å². The SMILES string of the molecule is CC(C)(C)[Si](OC[C@@H]1CC=CC[C@@H]1CC(=O)O)(c1ccccc1)c1ccccc1. The van der Waals surface area contributed by atoms with Crippen molar-refractivity contribution in [3.8, 4) is 0 Å². The predicted molar refractivity (Wildman–Crippen MR) is 121 cm³/mol. The highest BCUT2D eigenvalue weighted by Gasteiger charge is 2.50. The van der Waals surface area contributed by atoms with Crippen LogP contribution in [0.5, 0.6) is 0 Å². The van der Waals surface area contributed by atoms with E-state index in [1.165, 1.54) is 10.4 Å². The Kier molecular flexibility index (Phi) is 6.76. The van der Waals surface area contributed by atoms with Gasteiger partial charge in [-0.1, -0.05) is 93.6 Å². The van der Waals surface area contributed by atoms with Gasteiger partial charge in [0.2, 0.25) is 0 Å². The smallest absolute Gasteiger partial charge is 0.303 e. The van der Waals surface area contributed by atoms with E-state index in [0.29, 0.717) is 6.61 Å². The maximum atomic E-state index is 11.4. The highest BCUT2D eigenvalue weighted by molar-refractivity contribution is 6.99. The molecule has 2 atom stereocenters. The maximum Gasteiger partial charge on any atom is 0.303 e. The molecule has 1 N–H and O–H groups in total. The Morgan fingerprint density at radius 1 is 0.931 bits per heavy atom. The largest absolute Gasteiger partial charge is 0.481 e. The van der Waals surface area contributed by atoms with Crippen molar-refractivity contribution in [1.82, 2.24) is 0 Å². The molecule has 154 valence electrons. The molecule has 0 heterocycles. The number of rotatable bonds is 7. The summed E-state index contributed by atoms with van der Waals surface area (Å²) in [5, 5.41) is 11.8. The lowest BCUT2D eigenvalue weighted by Crippen LogP contribution is -2.67. The second-order valence-electron chi connectivity index (χ2n) is 9.04. The Balaban J connectivity index is 2.00. The first-order valence-corrected chi connectivity index (χ1v) is 12.4. The average molecular weight is 409 g/mol. The summed E-state index contributed by atoms with van der Waals surface area (Å²) in [5.74, 6) is -0.353. The molecule has 0 saturated carbocycles. The lowest BCUT2D eigenvalue weighted by atomic mass is 9.81. The third-order valence-electron chi connectivity index (χ3n) is 6.08. The summed E-state index contributed by atoms with van der Waals surface area (Å²) >= 11 is 0. The number of carbonyl (C=O) groups is 1. The molecule has 4 heteroatoms. The van der Waals surface area contributed by atoms with Crippen LogP contribution in [0, 0.1) is 11.8 Å². The molecule has 2 aromatic carbocycles. The Morgan fingerprint density at radius 2 is 1.41 bits per heavy atom. The third-order valence-corrected chi connectivity index (χ3v) is 11.1. The zero-order valence-corrected chi connectivity index (χ0v) is 18.7. The summed E-state index contributed by atoms with van der Waals surface area (Å²) in [6.45, 7) is 7.41. The predicted octanol–water partition coefficient (Wildman–Crippen LogP) is 4.62. The zero-order chi connectivity index (χ0) is 20.9. The number of hydrogen-bond acceptors (Lipinski definition) is 2. The van der Waals surface area contributed by atoms with E-state index in [-0.39, 0.29) is 23.3 Å². The van der Waals surface area contributed by atoms with Crippen molar-refractivity contribution in [2.24, 2.45) is 11.8 Å². The molecule has 0 spiro atoms. The van der Waals surface area contributed by atoms with Gasteiger partial charge in [0, 0.05) is 13.0 Å². The van der Waals surface area contributed by atoms with E-state index >= 15 is 0 Å². The molecular weight excluding hydrogens is 376 g/mol. The first kappa shape index (κ1) is 21.5. The summed E-state index contributed by atoms with van der Waals surface area (Å²) in [5.41, 5.74) is 0. The van der Waals surface area contributed by atoms with E-state index in [1.54, 1.807) is 0 Å². The summed E-state index contributed by atoms with van der Waals surface area (Å²) in [6.07, 6.45) is 6.21. The molecule has 0 aliphatic heterocycles. The minimum atomic E-state index is -2.57. The van der Waals surface area contributed by atoms with Gasteiger partial charge < -0.3 is 9.53 Å². The van der Waals surface area contributed by atoms with Crippen LogP contribution in [0.1, 0.15) is 40.0 Å². The zero-order valence-electron chi connectivity index (χ0n) is 17.7. The van der Waals surface area contributed by atoms with Crippen molar-refractivity contribution in [3.05, 3.63) is 72.8 Å². The van der Waals surface area contributed by atoms with Crippen LogP contribution in [0.3, 0.4) is 0 Å². The monoisotopic (exact) mass is 408 g/mol. The van der Waals surface area contributed by atoms with E-state index in [1.807, 2.05) is 12.1 Å². The number of carboxylic acid groups (broad SMARTS) is 1. The fourth-order valence-electron chi connectivity index (χ4n) is 4.60. The minimum Gasteiger partial charge on any atom is -0.481 e. The number of benzene rings is 2. The van der Waals surface area contributed by atoms with Gasteiger partial charge in [0.25, 0.3) is 8.32 Å². The summed E-state index contributed by atoms with van der Waals surface area (Å²) < 4.78 is 7.03. The highest BCUT2D eigenvalue weighted by Crippen LogP contribution is 2.38. The Hall–Kier alpha value is -2.17. The van der Waals surface area contributed by atoms with Gasteiger partial charge in [0.15, 0.2) is 0 Å². The molecule has 0 unspecified atom stereocenters. The van der Waals surface area contributed by atoms with Gasteiger partial charge in [-0.3, -0.25) is 4.79 Å². The first-order chi connectivity index (χ1) is 13.8. The van der Waals surface area contributed by atoms with Crippen LogP contribution >= 0.6 is 0 Å². The van der Waals surface area contributed by atoms with Gasteiger partial charge in [0.1, 0.15) is 0 Å². The van der Waals surface area contributed by atoms with Gasteiger partial charge in [0.05, 0.1) is 0 Å². The van der Waals surface area contributed by atoms with E-state index in [0.717, 1.165) is 12.8 Å². The third kappa shape index (κ3) is 4.70. The fraction of sp³-hybridized carbons (Fsp3) is 0.400. The molecule has 3 nitrogen and oxygen atoms in total. The fourth-order valence-corrected chi connectivity index (χ4v) is 9.22. The summed E-state index contributed by atoms with van der Waals surface area (Å²) in [6, 6.07) is 21.2. The van der Waals surface area contributed by atoms with Gasteiger partial charge in [-0.15, -0.1) is 0 Å². The van der Waals surface area contributed by atoms with Crippen molar-refractivity contribution in [2.75, 3.05) is 6.61 Å². The van der Waals surface area contributed by atoms with Crippen molar-refractivity contribution in [3.63, 3.8) is 0 Å². The molecule has 0 saturated heterocycles. The van der Waals surface area contributed by atoms with E-state index in [4.69, 9.17) is 4.43 Å². The quantitative estimate of drug-likeness (QED) is 0.537. The molecule has 1 aliphatic carbocycles. The number of aliphatic carboxylic acids is 1. The average Bonchev–Trinajstić information content (AvgIpc) is 2.70. The van der Waals surface area contributed by atoms with Gasteiger partial charge >= 0.3 is 5.97 Å². The number of allylic oxidation sites excluding steroid dienone is 2. The summed E-state index contributed by atoms with van der Waals surface area (Å²) in [7, 11) is -2.57. The van der Waals surface area contributed by atoms with Crippen molar-refractivity contribution in [2.45, 2.75) is 45.1 Å². The second kappa shape index (κ2) is 9.10.